The van der Waals surface area contributed by atoms with Crippen LogP contribution in [-0.4, -0.2) is 33.7 Å². The summed E-state index contributed by atoms with van der Waals surface area (Å²) in [4.78, 5) is 16.0. The molecular formula is C13H18N4O2. The number of anilines is 1. The van der Waals surface area contributed by atoms with Crippen molar-refractivity contribution in [2.75, 3.05) is 18.5 Å². The topological polar surface area (TPSA) is 68.5 Å². The van der Waals surface area contributed by atoms with Crippen LogP contribution in [0.5, 0.6) is 0 Å². The fourth-order valence-corrected chi connectivity index (χ4v) is 1.69. The highest BCUT2D eigenvalue weighted by Crippen LogP contribution is 2.15. The molecule has 102 valence electrons. The Bertz CT molecular complexity index is 577. The van der Waals surface area contributed by atoms with Crippen LogP contribution in [0.4, 0.5) is 5.82 Å². The molecule has 0 unspecified atom stereocenters. The molecule has 0 aliphatic heterocycles. The van der Waals surface area contributed by atoms with Crippen molar-refractivity contribution in [3.63, 3.8) is 0 Å². The molecule has 0 bridgehead atoms. The van der Waals surface area contributed by atoms with Gasteiger partial charge in [-0.25, -0.2) is 9.78 Å². The highest BCUT2D eigenvalue weighted by atomic mass is 16.5. The van der Waals surface area contributed by atoms with Crippen LogP contribution < -0.4 is 5.32 Å². The van der Waals surface area contributed by atoms with Crippen LogP contribution in [0.2, 0.25) is 0 Å². The molecule has 2 aromatic rings. The first-order chi connectivity index (χ1) is 9.13. The quantitative estimate of drug-likeness (QED) is 0.834. The molecule has 19 heavy (non-hydrogen) atoms. The summed E-state index contributed by atoms with van der Waals surface area (Å²) >= 11 is 0. The number of nitrogens with one attached hydrogen (secondary N) is 1. The molecule has 0 aliphatic carbocycles. The van der Waals surface area contributed by atoms with Gasteiger partial charge < -0.3 is 10.1 Å². The lowest BCUT2D eigenvalue weighted by molar-refractivity contribution is 0.0527. The number of imidazole rings is 1. The van der Waals surface area contributed by atoms with Crippen LogP contribution >= 0.6 is 0 Å². The molecular weight excluding hydrogens is 244 g/mol. The van der Waals surface area contributed by atoms with Crippen LogP contribution in [0.25, 0.3) is 5.65 Å². The number of carbonyl (C=O) groups excluding carboxylic acids is 1. The van der Waals surface area contributed by atoms with E-state index in [1.165, 1.54) is 0 Å². The number of rotatable bonds is 5. The van der Waals surface area contributed by atoms with Crippen molar-refractivity contribution in [3.05, 3.63) is 24.0 Å². The average molecular weight is 262 g/mol. The van der Waals surface area contributed by atoms with Crippen molar-refractivity contribution in [1.82, 2.24) is 14.6 Å². The first-order valence-electron chi connectivity index (χ1n) is 6.37. The van der Waals surface area contributed by atoms with Gasteiger partial charge in [-0.05, 0) is 18.9 Å². The number of hydrogen-bond acceptors (Lipinski definition) is 5. The summed E-state index contributed by atoms with van der Waals surface area (Å²) in [6.45, 7) is 7.17. The van der Waals surface area contributed by atoms with Crippen LogP contribution in [0.3, 0.4) is 0 Å². The summed E-state index contributed by atoms with van der Waals surface area (Å²) in [5.41, 5.74) is 0.932. The van der Waals surface area contributed by atoms with Gasteiger partial charge in [-0.1, -0.05) is 13.8 Å². The van der Waals surface area contributed by atoms with Gasteiger partial charge in [0, 0.05) is 12.7 Å². The highest BCUT2D eigenvalue weighted by molar-refractivity contribution is 5.95. The average Bonchev–Trinajstić information content (AvgIpc) is 2.79. The van der Waals surface area contributed by atoms with Crippen LogP contribution in [0.1, 0.15) is 31.1 Å². The summed E-state index contributed by atoms with van der Waals surface area (Å²) in [7, 11) is 0. The van der Waals surface area contributed by atoms with Gasteiger partial charge in [0.1, 0.15) is 11.4 Å². The van der Waals surface area contributed by atoms with Crippen LogP contribution in [0.15, 0.2) is 18.5 Å². The van der Waals surface area contributed by atoms with E-state index in [9.17, 15) is 4.79 Å². The van der Waals surface area contributed by atoms with Crippen LogP contribution in [-0.2, 0) is 4.74 Å². The predicted molar refractivity (Wildman–Crippen MR) is 72.3 cm³/mol. The summed E-state index contributed by atoms with van der Waals surface area (Å²) in [5, 5.41) is 7.46. The molecule has 0 saturated carbocycles. The smallest absolute Gasteiger partial charge is 0.342 e. The molecule has 0 aliphatic rings. The van der Waals surface area contributed by atoms with Gasteiger partial charge >= 0.3 is 5.97 Å². The van der Waals surface area contributed by atoms with Gasteiger partial charge in [-0.2, -0.15) is 9.61 Å². The predicted octanol–water partition coefficient (Wildman–Crippen LogP) is 1.97. The minimum Gasteiger partial charge on any atom is -0.462 e. The Kier molecular flexibility index (Phi) is 3.99. The van der Waals surface area contributed by atoms with Crippen molar-refractivity contribution in [2.45, 2.75) is 20.8 Å². The molecule has 0 atom stereocenters. The van der Waals surface area contributed by atoms with Gasteiger partial charge in [0.05, 0.1) is 12.8 Å². The van der Waals surface area contributed by atoms with Crippen molar-refractivity contribution in [2.24, 2.45) is 5.92 Å². The maximum atomic E-state index is 11.8. The monoisotopic (exact) mass is 262 g/mol. The second kappa shape index (κ2) is 5.69. The number of esters is 1. The van der Waals surface area contributed by atoms with E-state index in [2.05, 4.69) is 29.2 Å². The third-order valence-corrected chi connectivity index (χ3v) is 2.59. The highest BCUT2D eigenvalue weighted by Gasteiger charge is 2.15. The molecule has 0 radical (unpaired) electrons. The van der Waals surface area contributed by atoms with Crippen molar-refractivity contribution in [1.29, 1.82) is 0 Å². The molecule has 0 amide bonds. The second-order valence-corrected chi connectivity index (χ2v) is 4.62. The maximum absolute atomic E-state index is 11.8. The van der Waals surface area contributed by atoms with E-state index in [0.717, 1.165) is 12.4 Å². The zero-order valence-electron chi connectivity index (χ0n) is 11.4. The summed E-state index contributed by atoms with van der Waals surface area (Å²) in [6.07, 6.45) is 3.24. The van der Waals surface area contributed by atoms with Gasteiger partial charge in [-0.15, -0.1) is 0 Å². The molecule has 0 spiro atoms. The van der Waals surface area contributed by atoms with Crippen molar-refractivity contribution in [3.8, 4) is 0 Å². The first kappa shape index (κ1) is 13.3. The minimum absolute atomic E-state index is 0.340. The Balaban J connectivity index is 2.34. The molecule has 2 aromatic heterocycles. The van der Waals surface area contributed by atoms with Gasteiger partial charge in [-0.3, -0.25) is 0 Å². The molecule has 2 rings (SSSR count). The maximum Gasteiger partial charge on any atom is 0.342 e. The third kappa shape index (κ3) is 2.83. The van der Waals surface area contributed by atoms with E-state index in [4.69, 9.17) is 4.74 Å². The van der Waals surface area contributed by atoms with Gasteiger partial charge in [0.15, 0.2) is 5.65 Å². The Morgan fingerprint density at radius 1 is 1.53 bits per heavy atom. The molecule has 6 heteroatoms. The number of aromatic nitrogens is 3. The number of carbonyl (C=O) groups is 1. The lowest BCUT2D eigenvalue weighted by Crippen LogP contribution is -2.12. The normalized spacial score (nSPS) is 10.9. The Labute approximate surface area is 111 Å². The van der Waals surface area contributed by atoms with Crippen molar-refractivity contribution >= 4 is 17.4 Å². The summed E-state index contributed by atoms with van der Waals surface area (Å²) < 4.78 is 6.62. The standard InChI is InChI=1S/C13H18N4O2/c1-4-19-13(18)10-5-6-16-17-11(8-15-12(10)17)14-7-9(2)3/h5-6,8-9,14H,4,7H2,1-3H3. The van der Waals surface area contributed by atoms with E-state index in [1.54, 1.807) is 29.9 Å². The minimum atomic E-state index is -0.379. The van der Waals surface area contributed by atoms with E-state index in [-0.39, 0.29) is 5.97 Å². The number of nitrogens with zero attached hydrogens (tertiary/aromatic N) is 3. The zero-order valence-corrected chi connectivity index (χ0v) is 11.4. The number of fused-ring (bicyclic) bond motifs is 1. The van der Waals surface area contributed by atoms with Gasteiger partial charge in [0.25, 0.3) is 0 Å². The van der Waals surface area contributed by atoms with E-state index >= 15 is 0 Å². The molecule has 6 nitrogen and oxygen atoms in total. The first-order valence-corrected chi connectivity index (χ1v) is 6.37. The van der Waals surface area contributed by atoms with E-state index in [1.807, 2.05) is 0 Å². The van der Waals surface area contributed by atoms with E-state index < -0.39 is 0 Å². The lowest BCUT2D eigenvalue weighted by atomic mass is 10.2. The van der Waals surface area contributed by atoms with Gasteiger partial charge in [0.2, 0.25) is 0 Å². The molecule has 2 heterocycles. The molecule has 1 N–H and O–H groups in total. The Morgan fingerprint density at radius 3 is 3.00 bits per heavy atom. The fraction of sp³-hybridized carbons (Fsp3) is 0.462. The third-order valence-electron chi connectivity index (χ3n) is 2.59. The lowest BCUT2D eigenvalue weighted by Gasteiger charge is -2.08. The second-order valence-electron chi connectivity index (χ2n) is 4.62. The SMILES string of the molecule is CCOC(=O)c1ccnn2c(NCC(C)C)cnc12. The number of ether oxygens (including phenoxy) is 1. The number of hydrogen-bond donors (Lipinski definition) is 1. The Morgan fingerprint density at radius 2 is 2.32 bits per heavy atom. The largest absolute Gasteiger partial charge is 0.462 e. The molecule has 0 aromatic carbocycles. The zero-order chi connectivity index (χ0) is 13.8. The molecule has 0 fully saturated rings. The Hall–Kier alpha value is -2.11. The van der Waals surface area contributed by atoms with Crippen molar-refractivity contribution < 1.29 is 9.53 Å². The summed E-state index contributed by atoms with van der Waals surface area (Å²) in [5.74, 6) is 0.907. The molecule has 0 saturated heterocycles. The van der Waals surface area contributed by atoms with Crippen LogP contribution in [0, 0.1) is 5.92 Å². The fourth-order valence-electron chi connectivity index (χ4n) is 1.69. The summed E-state index contributed by atoms with van der Waals surface area (Å²) in [6, 6.07) is 1.62. The van der Waals surface area contributed by atoms with E-state index in [0.29, 0.717) is 23.7 Å².